The number of nitrogens with one attached hydrogen (secondary N) is 1. The maximum absolute atomic E-state index is 13.2. The molecular formula is C24H32N2O2. The highest BCUT2D eigenvalue weighted by atomic mass is 16.2. The van der Waals surface area contributed by atoms with Gasteiger partial charge in [0.2, 0.25) is 11.8 Å². The van der Waals surface area contributed by atoms with E-state index < -0.39 is 5.41 Å². The summed E-state index contributed by atoms with van der Waals surface area (Å²) < 4.78 is 0. The Bertz CT molecular complexity index is 755. The maximum Gasteiger partial charge on any atom is 0.238 e. The number of aryl methyl sites for hydroxylation is 1. The predicted octanol–water partition coefficient (Wildman–Crippen LogP) is 4.20. The van der Waals surface area contributed by atoms with Crippen molar-refractivity contribution in [2.24, 2.45) is 5.41 Å². The van der Waals surface area contributed by atoms with E-state index >= 15 is 0 Å². The Kier molecular flexibility index (Phi) is 7.80. The van der Waals surface area contributed by atoms with Crippen LogP contribution in [0.5, 0.6) is 0 Å². The smallest absolute Gasteiger partial charge is 0.238 e. The number of nitrogens with zero attached hydrogens (tertiary/aromatic N) is 1. The van der Waals surface area contributed by atoms with Crippen molar-refractivity contribution in [2.75, 3.05) is 6.54 Å². The first-order valence-corrected chi connectivity index (χ1v) is 9.99. The lowest BCUT2D eigenvalue weighted by Gasteiger charge is -2.34. The first-order chi connectivity index (χ1) is 13.3. The molecule has 0 aliphatic heterocycles. The van der Waals surface area contributed by atoms with Crippen molar-refractivity contribution in [1.82, 2.24) is 10.2 Å². The zero-order valence-corrected chi connectivity index (χ0v) is 17.4. The highest BCUT2D eigenvalue weighted by Gasteiger charge is 2.39. The van der Waals surface area contributed by atoms with E-state index in [1.807, 2.05) is 62.4 Å². The summed E-state index contributed by atoms with van der Waals surface area (Å²) in [6, 6.07) is 20.1. The number of hydrogen-bond acceptors (Lipinski definition) is 2. The third kappa shape index (κ3) is 5.95. The summed E-state index contributed by atoms with van der Waals surface area (Å²) in [6.07, 6.45) is 1.75. The molecule has 0 bridgehead atoms. The van der Waals surface area contributed by atoms with E-state index in [2.05, 4.69) is 17.4 Å². The molecule has 2 rings (SSSR count). The number of amides is 2. The highest BCUT2D eigenvalue weighted by molar-refractivity contribution is 6.04. The molecule has 4 nitrogen and oxygen atoms in total. The molecule has 28 heavy (non-hydrogen) atoms. The molecule has 0 aliphatic rings. The van der Waals surface area contributed by atoms with Gasteiger partial charge in [-0.05, 0) is 51.7 Å². The summed E-state index contributed by atoms with van der Waals surface area (Å²) in [4.78, 5) is 27.7. The first-order valence-electron chi connectivity index (χ1n) is 9.99. The third-order valence-electron chi connectivity index (χ3n) is 4.95. The van der Waals surface area contributed by atoms with Crippen molar-refractivity contribution in [3.63, 3.8) is 0 Å². The van der Waals surface area contributed by atoms with Gasteiger partial charge in [0.15, 0.2) is 0 Å². The van der Waals surface area contributed by atoms with Crippen LogP contribution in [0.4, 0.5) is 0 Å². The van der Waals surface area contributed by atoms with Crippen molar-refractivity contribution < 1.29 is 9.59 Å². The fourth-order valence-corrected chi connectivity index (χ4v) is 3.09. The van der Waals surface area contributed by atoms with Crippen molar-refractivity contribution in [1.29, 1.82) is 0 Å². The van der Waals surface area contributed by atoms with E-state index in [0.717, 1.165) is 18.4 Å². The van der Waals surface area contributed by atoms with Gasteiger partial charge in [-0.1, -0.05) is 60.7 Å². The van der Waals surface area contributed by atoms with Crippen LogP contribution in [0.15, 0.2) is 60.7 Å². The molecule has 0 spiro atoms. The Balaban J connectivity index is 1.93. The van der Waals surface area contributed by atoms with Gasteiger partial charge in [-0.2, -0.15) is 0 Å². The third-order valence-corrected chi connectivity index (χ3v) is 4.95. The normalized spacial score (nSPS) is 11.3. The van der Waals surface area contributed by atoms with Gasteiger partial charge in [0.25, 0.3) is 0 Å². The second-order valence-corrected chi connectivity index (χ2v) is 7.98. The minimum absolute atomic E-state index is 0.0119. The van der Waals surface area contributed by atoms with Crippen LogP contribution < -0.4 is 5.32 Å². The Hall–Kier alpha value is -2.62. The van der Waals surface area contributed by atoms with Gasteiger partial charge in [0.05, 0.1) is 0 Å². The van der Waals surface area contributed by atoms with Gasteiger partial charge < -0.3 is 10.2 Å². The SMILES string of the molecule is CC(C)N(Cc1ccccc1)C(=O)C(C)(C)C(=O)NCCCc1ccccc1. The summed E-state index contributed by atoms with van der Waals surface area (Å²) >= 11 is 0. The van der Waals surface area contributed by atoms with Gasteiger partial charge in [0, 0.05) is 19.1 Å². The summed E-state index contributed by atoms with van der Waals surface area (Å²) in [6.45, 7) is 8.45. The molecule has 0 heterocycles. The number of benzene rings is 2. The second-order valence-electron chi connectivity index (χ2n) is 7.98. The monoisotopic (exact) mass is 380 g/mol. The van der Waals surface area contributed by atoms with Crippen molar-refractivity contribution in [3.8, 4) is 0 Å². The molecule has 0 saturated heterocycles. The molecule has 4 heteroatoms. The minimum Gasteiger partial charge on any atom is -0.355 e. The number of rotatable bonds is 9. The molecule has 2 aromatic carbocycles. The number of carbonyl (C=O) groups is 2. The molecule has 0 saturated carbocycles. The molecule has 150 valence electrons. The van der Waals surface area contributed by atoms with Crippen LogP contribution in [-0.2, 0) is 22.6 Å². The predicted molar refractivity (Wildman–Crippen MR) is 114 cm³/mol. The summed E-state index contributed by atoms with van der Waals surface area (Å²) in [7, 11) is 0. The van der Waals surface area contributed by atoms with E-state index in [4.69, 9.17) is 0 Å². The molecule has 0 radical (unpaired) electrons. The zero-order chi connectivity index (χ0) is 20.6. The molecule has 0 unspecified atom stereocenters. The lowest BCUT2D eigenvalue weighted by Crippen LogP contribution is -2.51. The standard InChI is InChI=1S/C24H32N2O2/c1-19(2)26(18-21-14-9-6-10-15-21)23(28)24(3,4)22(27)25-17-11-16-20-12-7-5-8-13-20/h5-10,12-15,19H,11,16-18H2,1-4H3,(H,25,27). The molecule has 2 amide bonds. The highest BCUT2D eigenvalue weighted by Crippen LogP contribution is 2.23. The Labute approximate surface area is 169 Å². The number of hydrogen-bond donors (Lipinski definition) is 1. The van der Waals surface area contributed by atoms with E-state index in [1.165, 1.54) is 5.56 Å². The topological polar surface area (TPSA) is 49.4 Å². The molecule has 0 aromatic heterocycles. The molecule has 0 fully saturated rings. The molecule has 1 N–H and O–H groups in total. The number of carbonyl (C=O) groups excluding carboxylic acids is 2. The van der Waals surface area contributed by atoms with Gasteiger partial charge in [-0.25, -0.2) is 0 Å². The molecule has 0 atom stereocenters. The lowest BCUT2D eigenvalue weighted by atomic mass is 9.89. The van der Waals surface area contributed by atoms with Crippen LogP contribution in [0, 0.1) is 5.41 Å². The van der Waals surface area contributed by atoms with E-state index in [9.17, 15) is 9.59 Å². The van der Waals surface area contributed by atoms with Gasteiger partial charge in [-0.15, -0.1) is 0 Å². The van der Waals surface area contributed by atoms with E-state index in [1.54, 1.807) is 18.7 Å². The summed E-state index contributed by atoms with van der Waals surface area (Å²) in [5.74, 6) is -0.365. The quantitative estimate of drug-likeness (QED) is 0.524. The maximum atomic E-state index is 13.2. The second kappa shape index (κ2) is 10.1. The van der Waals surface area contributed by atoms with Gasteiger partial charge >= 0.3 is 0 Å². The molecular weight excluding hydrogens is 348 g/mol. The largest absolute Gasteiger partial charge is 0.355 e. The zero-order valence-electron chi connectivity index (χ0n) is 17.4. The Morgan fingerprint density at radius 3 is 2.00 bits per heavy atom. The molecule has 0 aliphatic carbocycles. The fraction of sp³-hybridized carbons (Fsp3) is 0.417. The van der Waals surface area contributed by atoms with Gasteiger partial charge in [-0.3, -0.25) is 9.59 Å². The summed E-state index contributed by atoms with van der Waals surface area (Å²) in [5.41, 5.74) is 1.20. The van der Waals surface area contributed by atoms with Crippen LogP contribution in [0.3, 0.4) is 0 Å². The minimum atomic E-state index is -1.11. The molecule has 2 aromatic rings. The fourth-order valence-electron chi connectivity index (χ4n) is 3.09. The van der Waals surface area contributed by atoms with E-state index in [-0.39, 0.29) is 17.9 Å². The average Bonchev–Trinajstić information content (AvgIpc) is 2.70. The van der Waals surface area contributed by atoms with Crippen LogP contribution >= 0.6 is 0 Å². The van der Waals surface area contributed by atoms with Crippen molar-refractivity contribution in [2.45, 2.75) is 53.1 Å². The summed E-state index contributed by atoms with van der Waals surface area (Å²) in [5, 5.41) is 2.95. The van der Waals surface area contributed by atoms with Gasteiger partial charge in [0.1, 0.15) is 5.41 Å². The van der Waals surface area contributed by atoms with Crippen molar-refractivity contribution >= 4 is 11.8 Å². The lowest BCUT2D eigenvalue weighted by molar-refractivity contribution is -0.150. The van der Waals surface area contributed by atoms with Crippen LogP contribution in [0.25, 0.3) is 0 Å². The Morgan fingerprint density at radius 1 is 0.929 bits per heavy atom. The Morgan fingerprint density at radius 2 is 1.46 bits per heavy atom. The van der Waals surface area contributed by atoms with Crippen LogP contribution in [0.2, 0.25) is 0 Å². The first kappa shape index (κ1) is 21.7. The van der Waals surface area contributed by atoms with Crippen LogP contribution in [-0.4, -0.2) is 29.3 Å². The average molecular weight is 381 g/mol. The van der Waals surface area contributed by atoms with E-state index in [0.29, 0.717) is 13.1 Å². The van der Waals surface area contributed by atoms with Crippen molar-refractivity contribution in [3.05, 3.63) is 71.8 Å². The van der Waals surface area contributed by atoms with Crippen LogP contribution in [0.1, 0.15) is 45.2 Å².